The summed E-state index contributed by atoms with van der Waals surface area (Å²) in [5, 5.41) is 9.34. The van der Waals surface area contributed by atoms with E-state index in [2.05, 4.69) is 0 Å². The van der Waals surface area contributed by atoms with Crippen LogP contribution in [-0.4, -0.2) is 26.2 Å². The first-order chi connectivity index (χ1) is 11.2. The molecule has 0 amide bonds. The van der Waals surface area contributed by atoms with Gasteiger partial charge in [0.15, 0.2) is 17.5 Å². The van der Waals surface area contributed by atoms with Gasteiger partial charge in [-0.1, -0.05) is 17.7 Å². The second-order valence-corrected chi connectivity index (χ2v) is 7.15. The van der Waals surface area contributed by atoms with Crippen LogP contribution in [0.1, 0.15) is 12.5 Å². The van der Waals surface area contributed by atoms with E-state index in [1.54, 1.807) is 19.1 Å². The minimum absolute atomic E-state index is 0.155. The van der Waals surface area contributed by atoms with Crippen molar-refractivity contribution in [3.05, 3.63) is 59.4 Å². The highest BCUT2D eigenvalue weighted by atomic mass is 32.2. The third kappa shape index (κ3) is 3.25. The van der Waals surface area contributed by atoms with Crippen LogP contribution in [0.25, 0.3) is 0 Å². The highest BCUT2D eigenvalue weighted by Crippen LogP contribution is 2.30. The molecule has 0 aliphatic carbocycles. The Hall–Kier alpha value is -2.06. The SMILES string of the molecule is Cc1ccc(S(=O)(=O)N(c2ccc(F)c(F)c2F)C(C)CO)cc1. The summed E-state index contributed by atoms with van der Waals surface area (Å²) in [6.07, 6.45) is 0. The Bertz CT molecular complexity index is 838. The van der Waals surface area contributed by atoms with Gasteiger partial charge in [-0.3, -0.25) is 4.31 Å². The van der Waals surface area contributed by atoms with Gasteiger partial charge in [0.1, 0.15) is 0 Å². The fourth-order valence-electron chi connectivity index (χ4n) is 2.19. The fraction of sp³-hybridized carbons (Fsp3) is 0.250. The van der Waals surface area contributed by atoms with Crippen LogP contribution in [0.3, 0.4) is 0 Å². The van der Waals surface area contributed by atoms with E-state index in [0.717, 1.165) is 11.6 Å². The summed E-state index contributed by atoms with van der Waals surface area (Å²) in [7, 11) is -4.29. The van der Waals surface area contributed by atoms with Crippen LogP contribution in [-0.2, 0) is 10.0 Å². The molecule has 0 aliphatic rings. The monoisotopic (exact) mass is 359 g/mol. The number of anilines is 1. The molecular formula is C16H16F3NO3S. The zero-order valence-electron chi connectivity index (χ0n) is 13.0. The van der Waals surface area contributed by atoms with Crippen LogP contribution >= 0.6 is 0 Å². The highest BCUT2D eigenvalue weighted by Gasteiger charge is 2.32. The molecule has 0 heterocycles. The summed E-state index contributed by atoms with van der Waals surface area (Å²) < 4.78 is 67.0. The summed E-state index contributed by atoms with van der Waals surface area (Å²) in [6, 6.07) is 6.11. The number of hydrogen-bond donors (Lipinski definition) is 1. The van der Waals surface area contributed by atoms with Crippen LogP contribution < -0.4 is 4.31 Å². The third-order valence-electron chi connectivity index (χ3n) is 3.49. The third-order valence-corrected chi connectivity index (χ3v) is 5.44. The van der Waals surface area contributed by atoms with Crippen LogP contribution in [0.2, 0.25) is 0 Å². The summed E-state index contributed by atoms with van der Waals surface area (Å²) >= 11 is 0. The van der Waals surface area contributed by atoms with E-state index in [1.165, 1.54) is 19.1 Å². The predicted octanol–water partition coefficient (Wildman–Crippen LogP) is 2.99. The molecular weight excluding hydrogens is 343 g/mol. The average Bonchev–Trinajstić information content (AvgIpc) is 2.55. The summed E-state index contributed by atoms with van der Waals surface area (Å²) in [5.41, 5.74) is 0.144. The van der Waals surface area contributed by atoms with Crippen molar-refractivity contribution < 1.29 is 26.7 Å². The Kier molecular flexibility index (Phi) is 5.19. The molecule has 1 unspecified atom stereocenters. The molecule has 0 spiro atoms. The second kappa shape index (κ2) is 6.82. The van der Waals surface area contributed by atoms with Crippen molar-refractivity contribution >= 4 is 15.7 Å². The van der Waals surface area contributed by atoms with Crippen molar-refractivity contribution in [3.63, 3.8) is 0 Å². The number of rotatable bonds is 5. The van der Waals surface area contributed by atoms with Gasteiger partial charge in [-0.15, -0.1) is 0 Å². The Morgan fingerprint density at radius 1 is 1.04 bits per heavy atom. The molecule has 4 nitrogen and oxygen atoms in total. The first kappa shape index (κ1) is 18.3. The number of aliphatic hydroxyl groups is 1. The van der Waals surface area contributed by atoms with E-state index in [-0.39, 0.29) is 4.90 Å². The molecule has 0 saturated carbocycles. The molecule has 1 N–H and O–H groups in total. The zero-order valence-corrected chi connectivity index (χ0v) is 13.8. The normalized spacial score (nSPS) is 12.9. The van der Waals surface area contributed by atoms with Crippen molar-refractivity contribution in [1.82, 2.24) is 0 Å². The zero-order chi connectivity index (χ0) is 18.1. The molecule has 0 aliphatic heterocycles. The van der Waals surface area contributed by atoms with Gasteiger partial charge in [-0.05, 0) is 38.1 Å². The molecule has 24 heavy (non-hydrogen) atoms. The molecule has 0 bridgehead atoms. The topological polar surface area (TPSA) is 57.6 Å². The number of hydrogen-bond acceptors (Lipinski definition) is 3. The van der Waals surface area contributed by atoms with Crippen LogP contribution in [0.5, 0.6) is 0 Å². The standard InChI is InChI=1S/C16H16F3NO3S/c1-10-3-5-12(6-4-10)24(22,23)20(11(2)9-21)14-8-7-13(17)15(18)16(14)19/h3-8,11,21H,9H2,1-2H3. The Balaban J connectivity index is 2.66. The summed E-state index contributed by atoms with van der Waals surface area (Å²) in [4.78, 5) is -0.155. The van der Waals surface area contributed by atoms with Gasteiger partial charge >= 0.3 is 0 Å². The largest absolute Gasteiger partial charge is 0.394 e. The lowest BCUT2D eigenvalue weighted by atomic mass is 10.2. The summed E-state index contributed by atoms with van der Waals surface area (Å²) in [5.74, 6) is -4.84. The average molecular weight is 359 g/mol. The van der Waals surface area contributed by atoms with Gasteiger partial charge in [0, 0.05) is 0 Å². The van der Waals surface area contributed by atoms with Gasteiger partial charge in [-0.2, -0.15) is 0 Å². The van der Waals surface area contributed by atoms with E-state index in [9.17, 15) is 26.7 Å². The van der Waals surface area contributed by atoms with Crippen molar-refractivity contribution in [2.45, 2.75) is 24.8 Å². The highest BCUT2D eigenvalue weighted by molar-refractivity contribution is 7.92. The van der Waals surface area contributed by atoms with E-state index < -0.39 is 45.8 Å². The van der Waals surface area contributed by atoms with Crippen LogP contribution in [0.15, 0.2) is 41.3 Å². The predicted molar refractivity (Wildman–Crippen MR) is 83.7 cm³/mol. The maximum Gasteiger partial charge on any atom is 0.264 e. The molecule has 2 rings (SSSR count). The number of halogens is 3. The number of benzene rings is 2. The molecule has 130 valence electrons. The van der Waals surface area contributed by atoms with Crippen LogP contribution in [0, 0.1) is 24.4 Å². The minimum atomic E-state index is -4.29. The number of nitrogens with zero attached hydrogens (tertiary/aromatic N) is 1. The van der Waals surface area contributed by atoms with E-state index in [4.69, 9.17) is 0 Å². The first-order valence-electron chi connectivity index (χ1n) is 7.05. The van der Waals surface area contributed by atoms with Crippen molar-refractivity contribution in [3.8, 4) is 0 Å². The second-order valence-electron chi connectivity index (χ2n) is 5.34. The van der Waals surface area contributed by atoms with Crippen LogP contribution in [0.4, 0.5) is 18.9 Å². The number of aliphatic hydroxyl groups excluding tert-OH is 1. The lowest BCUT2D eigenvalue weighted by Crippen LogP contribution is -2.41. The maximum absolute atomic E-state index is 14.1. The molecule has 8 heteroatoms. The van der Waals surface area contributed by atoms with E-state index in [1.807, 2.05) is 0 Å². The maximum atomic E-state index is 14.1. The Morgan fingerprint density at radius 2 is 1.62 bits per heavy atom. The van der Waals surface area contributed by atoms with Crippen molar-refractivity contribution in [1.29, 1.82) is 0 Å². The van der Waals surface area contributed by atoms with Gasteiger partial charge in [0.2, 0.25) is 0 Å². The smallest absolute Gasteiger partial charge is 0.264 e. The molecule has 1 atom stereocenters. The van der Waals surface area contributed by atoms with Gasteiger partial charge in [0.25, 0.3) is 10.0 Å². The lowest BCUT2D eigenvalue weighted by molar-refractivity contribution is 0.274. The van der Waals surface area contributed by atoms with E-state index in [0.29, 0.717) is 10.4 Å². The molecule has 0 radical (unpaired) electrons. The number of aryl methyl sites for hydroxylation is 1. The molecule has 2 aromatic rings. The fourth-order valence-corrected chi connectivity index (χ4v) is 3.84. The first-order valence-corrected chi connectivity index (χ1v) is 8.49. The molecule has 0 fully saturated rings. The number of sulfonamides is 1. The molecule has 0 aromatic heterocycles. The summed E-state index contributed by atoms with van der Waals surface area (Å²) in [6.45, 7) is 2.45. The van der Waals surface area contributed by atoms with Crippen molar-refractivity contribution in [2.75, 3.05) is 10.9 Å². The van der Waals surface area contributed by atoms with Crippen molar-refractivity contribution in [2.24, 2.45) is 0 Å². The van der Waals surface area contributed by atoms with Gasteiger partial charge in [-0.25, -0.2) is 21.6 Å². The van der Waals surface area contributed by atoms with Gasteiger partial charge in [0.05, 0.1) is 23.2 Å². The molecule has 2 aromatic carbocycles. The lowest BCUT2D eigenvalue weighted by Gasteiger charge is -2.29. The Morgan fingerprint density at radius 3 is 2.17 bits per heavy atom. The van der Waals surface area contributed by atoms with E-state index >= 15 is 0 Å². The quantitative estimate of drug-likeness (QED) is 0.835. The molecule has 0 saturated heterocycles. The Labute approximate surface area is 138 Å². The van der Waals surface area contributed by atoms with Gasteiger partial charge < -0.3 is 5.11 Å². The minimum Gasteiger partial charge on any atom is -0.394 e.